The van der Waals surface area contributed by atoms with E-state index in [1.165, 1.54) is 11.3 Å². The van der Waals surface area contributed by atoms with E-state index in [0.717, 1.165) is 16.8 Å². The van der Waals surface area contributed by atoms with Gasteiger partial charge in [-0.25, -0.2) is 0 Å². The zero-order valence-corrected chi connectivity index (χ0v) is 18.3. The second-order valence-electron chi connectivity index (χ2n) is 6.36. The van der Waals surface area contributed by atoms with Crippen LogP contribution in [0.4, 0.5) is 0 Å². The molecule has 1 saturated heterocycles. The molecule has 1 N–H and O–H groups in total. The predicted octanol–water partition coefficient (Wildman–Crippen LogP) is 1.64. The quantitative estimate of drug-likeness (QED) is 0.673. The minimum atomic E-state index is -0.236. The van der Waals surface area contributed by atoms with Crippen LogP contribution in [0.2, 0.25) is 0 Å². The van der Waals surface area contributed by atoms with Crippen molar-refractivity contribution in [2.45, 2.75) is 20.3 Å². The normalized spacial score (nSPS) is 15.3. The summed E-state index contributed by atoms with van der Waals surface area (Å²) >= 11 is 4.66. The maximum atomic E-state index is 12.4. The first kappa shape index (κ1) is 21.8. The third-order valence-electron chi connectivity index (χ3n) is 4.61. The molecule has 2 heterocycles. The lowest BCUT2D eigenvalue weighted by molar-refractivity contribution is -0.132. The average Bonchev–Trinajstić information content (AvgIpc) is 2.95. The summed E-state index contributed by atoms with van der Waals surface area (Å²) in [5.41, 5.74) is 0. The van der Waals surface area contributed by atoms with Crippen LogP contribution in [-0.2, 0) is 9.59 Å². The van der Waals surface area contributed by atoms with Crippen LogP contribution in [0.3, 0.4) is 0 Å². The molecular weight excluding hydrogens is 432 g/mol. The van der Waals surface area contributed by atoms with Gasteiger partial charge in [-0.2, -0.15) is 0 Å². The van der Waals surface area contributed by atoms with E-state index in [1.54, 1.807) is 11.0 Å². The van der Waals surface area contributed by atoms with Gasteiger partial charge < -0.3 is 15.1 Å². The number of hydrogen-bond acceptors (Lipinski definition) is 5. The number of hydrogen-bond donors (Lipinski definition) is 1. The van der Waals surface area contributed by atoms with Crippen LogP contribution in [0.25, 0.3) is 0 Å². The molecule has 1 aromatic rings. The number of rotatable bonds is 7. The summed E-state index contributed by atoms with van der Waals surface area (Å²) in [4.78, 5) is 43.0. The molecule has 150 valence electrons. The highest BCUT2D eigenvalue weighted by Crippen LogP contribution is 2.21. The van der Waals surface area contributed by atoms with Gasteiger partial charge >= 0.3 is 0 Å². The Bertz CT molecular complexity index is 663. The van der Waals surface area contributed by atoms with Gasteiger partial charge in [0.15, 0.2) is 0 Å². The van der Waals surface area contributed by atoms with E-state index in [0.29, 0.717) is 44.1 Å². The van der Waals surface area contributed by atoms with Gasteiger partial charge in [-0.1, -0.05) is 0 Å². The maximum absolute atomic E-state index is 12.4. The van der Waals surface area contributed by atoms with Crippen molar-refractivity contribution in [2.24, 2.45) is 0 Å². The Kier molecular flexibility index (Phi) is 8.72. The van der Waals surface area contributed by atoms with Crippen molar-refractivity contribution >= 4 is 45.0 Å². The molecule has 0 radical (unpaired) electrons. The average molecular weight is 459 g/mol. The van der Waals surface area contributed by atoms with E-state index in [4.69, 9.17) is 0 Å². The first-order chi connectivity index (χ1) is 12.9. The second kappa shape index (κ2) is 10.8. The summed E-state index contributed by atoms with van der Waals surface area (Å²) < 4.78 is 0.880. The van der Waals surface area contributed by atoms with Crippen LogP contribution in [0.5, 0.6) is 0 Å². The lowest BCUT2D eigenvalue weighted by Crippen LogP contribution is -2.43. The van der Waals surface area contributed by atoms with Crippen LogP contribution in [0, 0.1) is 0 Å². The minimum absolute atomic E-state index is 0.00721. The van der Waals surface area contributed by atoms with E-state index >= 15 is 0 Å². The van der Waals surface area contributed by atoms with Crippen molar-refractivity contribution in [3.05, 3.63) is 20.8 Å². The first-order valence-corrected chi connectivity index (χ1v) is 10.9. The summed E-state index contributed by atoms with van der Waals surface area (Å²) in [5, 5.41) is 2.69. The fourth-order valence-corrected chi connectivity index (χ4v) is 4.34. The molecule has 2 rings (SSSR count). The molecule has 7 nitrogen and oxygen atoms in total. The van der Waals surface area contributed by atoms with Crippen molar-refractivity contribution in [1.29, 1.82) is 0 Å². The largest absolute Gasteiger partial charge is 0.342 e. The molecule has 0 bridgehead atoms. The van der Waals surface area contributed by atoms with E-state index in [2.05, 4.69) is 26.1 Å². The van der Waals surface area contributed by atoms with Crippen molar-refractivity contribution in [1.82, 2.24) is 20.0 Å². The fourth-order valence-electron chi connectivity index (χ4n) is 3.04. The SMILES string of the molecule is CCN(CC)C(=O)CN1CCCN(C(=O)CNC(=O)c2ccc(Br)s2)CC1. The van der Waals surface area contributed by atoms with Gasteiger partial charge in [-0.05, 0) is 48.3 Å². The molecule has 1 aliphatic rings. The molecule has 1 aromatic heterocycles. The van der Waals surface area contributed by atoms with E-state index < -0.39 is 0 Å². The third kappa shape index (κ3) is 6.58. The van der Waals surface area contributed by atoms with Crippen molar-refractivity contribution in [3.63, 3.8) is 0 Å². The van der Waals surface area contributed by atoms with Crippen LogP contribution >= 0.6 is 27.3 Å². The lowest BCUT2D eigenvalue weighted by Gasteiger charge is -2.25. The van der Waals surface area contributed by atoms with Gasteiger partial charge in [-0.3, -0.25) is 19.3 Å². The lowest BCUT2D eigenvalue weighted by atomic mass is 10.3. The van der Waals surface area contributed by atoms with Crippen LogP contribution < -0.4 is 5.32 Å². The van der Waals surface area contributed by atoms with Gasteiger partial charge in [0, 0.05) is 39.3 Å². The number of carbonyl (C=O) groups is 3. The van der Waals surface area contributed by atoms with Crippen molar-refractivity contribution in [3.8, 4) is 0 Å². The molecule has 0 aliphatic carbocycles. The smallest absolute Gasteiger partial charge is 0.261 e. The van der Waals surface area contributed by atoms with Gasteiger partial charge in [-0.15, -0.1) is 11.3 Å². The Balaban J connectivity index is 1.78. The van der Waals surface area contributed by atoms with Gasteiger partial charge in [0.05, 0.1) is 21.8 Å². The van der Waals surface area contributed by atoms with E-state index in [9.17, 15) is 14.4 Å². The Morgan fingerprint density at radius 2 is 1.89 bits per heavy atom. The highest BCUT2D eigenvalue weighted by molar-refractivity contribution is 9.11. The Labute approximate surface area is 172 Å². The van der Waals surface area contributed by atoms with Crippen LogP contribution in [0.15, 0.2) is 15.9 Å². The second-order valence-corrected chi connectivity index (χ2v) is 8.83. The van der Waals surface area contributed by atoms with E-state index in [-0.39, 0.29) is 24.3 Å². The summed E-state index contributed by atoms with van der Waals surface area (Å²) in [6.45, 7) is 8.47. The summed E-state index contributed by atoms with van der Waals surface area (Å²) in [6.07, 6.45) is 0.823. The zero-order valence-electron chi connectivity index (χ0n) is 15.9. The van der Waals surface area contributed by atoms with Crippen molar-refractivity contribution in [2.75, 3.05) is 52.4 Å². The Morgan fingerprint density at radius 1 is 1.15 bits per heavy atom. The predicted molar refractivity (Wildman–Crippen MR) is 110 cm³/mol. The molecule has 0 atom stereocenters. The standard InChI is InChI=1S/C18H27BrN4O3S/c1-3-22(4-2)17(25)13-21-8-5-9-23(11-10-21)16(24)12-20-18(26)14-6-7-15(19)27-14/h6-7H,3-5,8-13H2,1-2H3,(H,20,26). The molecular formula is C18H27BrN4O3S. The van der Waals surface area contributed by atoms with Crippen molar-refractivity contribution < 1.29 is 14.4 Å². The number of halogens is 1. The Morgan fingerprint density at radius 3 is 2.52 bits per heavy atom. The van der Waals surface area contributed by atoms with Crippen LogP contribution in [0.1, 0.15) is 29.9 Å². The summed E-state index contributed by atoms with van der Waals surface area (Å²) in [7, 11) is 0. The Hall–Kier alpha value is -1.45. The monoisotopic (exact) mass is 458 g/mol. The van der Waals surface area contributed by atoms with Crippen LogP contribution in [-0.4, -0.2) is 84.8 Å². The molecule has 27 heavy (non-hydrogen) atoms. The number of nitrogens with zero attached hydrogens (tertiary/aromatic N) is 3. The number of carbonyl (C=O) groups excluding carboxylic acids is 3. The molecule has 1 fully saturated rings. The third-order valence-corrected chi connectivity index (χ3v) is 6.24. The number of amides is 3. The molecule has 9 heteroatoms. The van der Waals surface area contributed by atoms with Gasteiger partial charge in [0.2, 0.25) is 11.8 Å². The maximum Gasteiger partial charge on any atom is 0.261 e. The highest BCUT2D eigenvalue weighted by Gasteiger charge is 2.22. The fraction of sp³-hybridized carbons (Fsp3) is 0.611. The first-order valence-electron chi connectivity index (χ1n) is 9.26. The number of nitrogens with one attached hydrogen (secondary N) is 1. The summed E-state index contributed by atoms with van der Waals surface area (Å²) in [6, 6.07) is 3.54. The highest BCUT2D eigenvalue weighted by atomic mass is 79.9. The van der Waals surface area contributed by atoms with E-state index in [1.807, 2.05) is 24.8 Å². The molecule has 0 aromatic carbocycles. The molecule has 0 unspecified atom stereocenters. The van der Waals surface area contributed by atoms with Gasteiger partial charge in [0.1, 0.15) is 0 Å². The van der Waals surface area contributed by atoms with Gasteiger partial charge in [0.25, 0.3) is 5.91 Å². The molecule has 0 saturated carbocycles. The molecule has 3 amide bonds. The zero-order chi connectivity index (χ0) is 19.8. The topological polar surface area (TPSA) is 73.0 Å². The number of likely N-dealkylation sites (N-methyl/N-ethyl adjacent to an activating group) is 1. The molecule has 1 aliphatic heterocycles. The minimum Gasteiger partial charge on any atom is -0.342 e. The molecule has 0 spiro atoms. The number of thiophene rings is 1. The summed E-state index contributed by atoms with van der Waals surface area (Å²) in [5.74, 6) is -0.189.